The average Bonchev–Trinajstić information content (AvgIpc) is 2.94. The van der Waals surface area contributed by atoms with Crippen LogP contribution in [0.25, 0.3) is 22.3 Å². The van der Waals surface area contributed by atoms with E-state index in [0.29, 0.717) is 6.42 Å². The minimum Gasteiger partial charge on any atom is -0.404 e. The summed E-state index contributed by atoms with van der Waals surface area (Å²) in [6, 6.07) is 44.9. The Hall–Kier alpha value is -3.95. The quantitative estimate of drug-likeness (QED) is 0.198. The van der Waals surface area contributed by atoms with Crippen LogP contribution < -0.4 is 4.52 Å². The lowest BCUT2D eigenvalue weighted by atomic mass is 9.87. The Balaban J connectivity index is 1.45. The van der Waals surface area contributed by atoms with Crippen LogP contribution in [0.3, 0.4) is 0 Å². The van der Waals surface area contributed by atoms with Crippen molar-refractivity contribution < 1.29 is 18.5 Å². The first-order valence-electron chi connectivity index (χ1n) is 12.5. The molecule has 0 radical (unpaired) electrons. The number of hydrogen-bond acceptors (Lipinski definition) is 3. The van der Waals surface area contributed by atoms with E-state index in [4.69, 9.17) is 9.05 Å². The smallest absolute Gasteiger partial charge is 0.404 e. The Labute approximate surface area is 223 Å². The van der Waals surface area contributed by atoms with Gasteiger partial charge in [-0.1, -0.05) is 127 Å². The minimum absolute atomic E-state index is 0.271. The van der Waals surface area contributed by atoms with E-state index in [1.807, 2.05) is 85.8 Å². The summed E-state index contributed by atoms with van der Waals surface area (Å²) in [6.45, 7) is 1.83. The van der Waals surface area contributed by atoms with Crippen molar-refractivity contribution in [2.45, 2.75) is 18.9 Å². The lowest BCUT2D eigenvalue weighted by Crippen LogP contribution is -2.28. The summed E-state index contributed by atoms with van der Waals surface area (Å²) in [5, 5.41) is 0. The van der Waals surface area contributed by atoms with Gasteiger partial charge in [0.15, 0.2) is 0 Å². The summed E-state index contributed by atoms with van der Waals surface area (Å²) in [5.41, 5.74) is 4.99. The first-order valence-corrected chi connectivity index (χ1v) is 14.0. The van der Waals surface area contributed by atoms with Crippen LogP contribution in [-0.4, -0.2) is 4.89 Å². The van der Waals surface area contributed by atoms with E-state index in [1.165, 1.54) is 0 Å². The van der Waals surface area contributed by atoms with E-state index in [1.54, 1.807) is 24.3 Å². The number of phosphoric ester groups is 1. The van der Waals surface area contributed by atoms with E-state index in [2.05, 4.69) is 36.4 Å². The first kappa shape index (κ1) is 25.7. The number of rotatable bonds is 9. The highest BCUT2D eigenvalue weighted by molar-refractivity contribution is 7.47. The van der Waals surface area contributed by atoms with Gasteiger partial charge in [-0.05, 0) is 52.4 Å². The van der Waals surface area contributed by atoms with Crippen molar-refractivity contribution in [3.63, 3.8) is 0 Å². The van der Waals surface area contributed by atoms with Gasteiger partial charge in [-0.25, -0.2) is 4.57 Å². The standard InChI is InChI=1S/C33H29O4P/c1-33(37-38(34,35)36-32-15-9-4-10-16-32,31-23-21-30(22-24-31)28-13-7-3-8-14-28)25-26-17-19-29(20-18-26)27-11-5-2-6-12-27/h2-24H,25H2,1H3,(H,34,35). The third-order valence-corrected chi connectivity index (χ3v) is 7.56. The third kappa shape index (κ3) is 6.30. The van der Waals surface area contributed by atoms with E-state index >= 15 is 0 Å². The van der Waals surface area contributed by atoms with Crippen molar-refractivity contribution in [1.29, 1.82) is 0 Å². The van der Waals surface area contributed by atoms with Crippen LogP contribution in [0.2, 0.25) is 0 Å². The number of hydrogen-bond donors (Lipinski definition) is 1. The van der Waals surface area contributed by atoms with Gasteiger partial charge in [-0.15, -0.1) is 0 Å². The molecule has 5 aromatic rings. The molecule has 0 bridgehead atoms. The van der Waals surface area contributed by atoms with Crippen molar-refractivity contribution in [2.24, 2.45) is 0 Å². The highest BCUT2D eigenvalue weighted by atomic mass is 31.2. The fourth-order valence-corrected chi connectivity index (χ4v) is 5.66. The molecule has 0 heterocycles. The van der Waals surface area contributed by atoms with Gasteiger partial charge in [0, 0.05) is 6.42 Å². The average molecular weight is 521 g/mol. The molecule has 5 heteroatoms. The Morgan fingerprint density at radius 2 is 1.03 bits per heavy atom. The van der Waals surface area contributed by atoms with Crippen LogP contribution in [0, 0.1) is 0 Å². The molecule has 0 aliphatic rings. The van der Waals surface area contributed by atoms with Crippen LogP contribution in [0.4, 0.5) is 0 Å². The summed E-state index contributed by atoms with van der Waals surface area (Å²) in [7, 11) is -4.47. The Morgan fingerprint density at radius 1 is 0.605 bits per heavy atom. The van der Waals surface area contributed by atoms with Gasteiger partial charge in [0.1, 0.15) is 11.4 Å². The lowest BCUT2D eigenvalue weighted by Gasteiger charge is -2.32. The van der Waals surface area contributed by atoms with Crippen molar-refractivity contribution in [3.8, 4) is 28.0 Å². The number of para-hydroxylation sites is 1. The van der Waals surface area contributed by atoms with E-state index in [-0.39, 0.29) is 5.75 Å². The summed E-state index contributed by atoms with van der Waals surface area (Å²) in [5.74, 6) is 0.271. The molecular weight excluding hydrogens is 491 g/mol. The fourth-order valence-electron chi connectivity index (χ4n) is 4.56. The van der Waals surface area contributed by atoms with Gasteiger partial charge >= 0.3 is 7.82 Å². The molecule has 4 nitrogen and oxygen atoms in total. The van der Waals surface area contributed by atoms with Gasteiger partial charge in [-0.3, -0.25) is 9.42 Å². The van der Waals surface area contributed by atoms with Crippen molar-refractivity contribution in [2.75, 3.05) is 0 Å². The molecule has 0 aliphatic carbocycles. The zero-order valence-electron chi connectivity index (χ0n) is 21.1. The highest BCUT2D eigenvalue weighted by Gasteiger charge is 2.38. The Morgan fingerprint density at radius 3 is 1.53 bits per heavy atom. The largest absolute Gasteiger partial charge is 0.528 e. The molecular formula is C33H29O4P. The molecule has 0 saturated carbocycles. The summed E-state index contributed by atoms with van der Waals surface area (Å²) < 4.78 is 24.6. The van der Waals surface area contributed by atoms with Crippen molar-refractivity contribution in [1.82, 2.24) is 0 Å². The second-order valence-electron chi connectivity index (χ2n) is 9.38. The zero-order valence-corrected chi connectivity index (χ0v) is 22.0. The second kappa shape index (κ2) is 11.2. The molecule has 190 valence electrons. The van der Waals surface area contributed by atoms with E-state index < -0.39 is 13.4 Å². The maximum absolute atomic E-state index is 13.2. The normalized spacial score (nSPS) is 14.3. The van der Waals surface area contributed by atoms with Gasteiger partial charge in [-0.2, -0.15) is 0 Å². The highest BCUT2D eigenvalue weighted by Crippen LogP contribution is 2.51. The van der Waals surface area contributed by atoms with Gasteiger partial charge < -0.3 is 4.52 Å². The third-order valence-electron chi connectivity index (χ3n) is 6.49. The molecule has 2 unspecified atom stereocenters. The molecule has 38 heavy (non-hydrogen) atoms. The molecule has 1 N–H and O–H groups in total. The molecule has 0 spiro atoms. The summed E-state index contributed by atoms with van der Waals surface area (Å²) in [6.07, 6.45) is 0.370. The molecule has 2 atom stereocenters. The maximum atomic E-state index is 13.2. The fraction of sp³-hybridized carbons (Fsp3) is 0.0909. The zero-order chi connectivity index (χ0) is 26.4. The maximum Gasteiger partial charge on any atom is 0.528 e. The molecule has 0 aromatic heterocycles. The number of benzene rings is 5. The van der Waals surface area contributed by atoms with Crippen molar-refractivity contribution >= 4 is 7.82 Å². The van der Waals surface area contributed by atoms with E-state index in [0.717, 1.165) is 33.4 Å². The predicted octanol–water partition coefficient (Wildman–Crippen LogP) is 8.67. The van der Waals surface area contributed by atoms with Gasteiger partial charge in [0.2, 0.25) is 0 Å². The minimum atomic E-state index is -4.47. The second-order valence-corrected chi connectivity index (χ2v) is 10.7. The summed E-state index contributed by atoms with van der Waals surface area (Å²) in [4.78, 5) is 10.8. The van der Waals surface area contributed by atoms with Crippen LogP contribution in [0.5, 0.6) is 5.75 Å². The van der Waals surface area contributed by atoms with Gasteiger partial charge in [0.25, 0.3) is 0 Å². The molecule has 0 aliphatic heterocycles. The predicted molar refractivity (Wildman–Crippen MR) is 153 cm³/mol. The molecule has 0 saturated heterocycles. The Kier molecular flexibility index (Phi) is 7.57. The topological polar surface area (TPSA) is 55.8 Å². The SMILES string of the molecule is CC(Cc1ccc(-c2ccccc2)cc1)(OP(=O)(O)Oc1ccccc1)c1ccc(-c2ccccc2)cc1. The Bertz CT molecular complexity index is 1500. The first-order chi connectivity index (χ1) is 18.4. The molecule has 5 aromatic carbocycles. The summed E-state index contributed by atoms with van der Waals surface area (Å²) >= 11 is 0. The van der Waals surface area contributed by atoms with Crippen molar-refractivity contribution in [3.05, 3.63) is 151 Å². The van der Waals surface area contributed by atoms with Crippen LogP contribution in [-0.2, 0) is 21.1 Å². The van der Waals surface area contributed by atoms with Crippen LogP contribution in [0.1, 0.15) is 18.1 Å². The molecule has 5 rings (SSSR count). The molecule has 0 fully saturated rings. The van der Waals surface area contributed by atoms with E-state index in [9.17, 15) is 9.46 Å². The molecule has 0 amide bonds. The lowest BCUT2D eigenvalue weighted by molar-refractivity contribution is 0.0500. The van der Waals surface area contributed by atoms with Crippen LogP contribution >= 0.6 is 7.82 Å². The van der Waals surface area contributed by atoms with Crippen LogP contribution in [0.15, 0.2) is 140 Å². The van der Waals surface area contributed by atoms with Gasteiger partial charge in [0.05, 0.1) is 0 Å². The number of phosphoric acid groups is 1. The monoisotopic (exact) mass is 520 g/mol.